The minimum atomic E-state index is -0.527. The summed E-state index contributed by atoms with van der Waals surface area (Å²) in [6, 6.07) is 8.85. The number of esters is 1. The van der Waals surface area contributed by atoms with E-state index in [9.17, 15) is 9.59 Å². The molecule has 2 heterocycles. The summed E-state index contributed by atoms with van der Waals surface area (Å²) in [6.07, 6.45) is 0.275. The zero-order valence-corrected chi connectivity index (χ0v) is 15.3. The average molecular weight is 387 g/mol. The van der Waals surface area contributed by atoms with Gasteiger partial charge in [0, 0.05) is 17.4 Å². The molecule has 0 bridgehead atoms. The van der Waals surface area contributed by atoms with Gasteiger partial charge in [0.15, 0.2) is 6.61 Å². The maximum atomic E-state index is 11.9. The van der Waals surface area contributed by atoms with Crippen LogP contribution >= 0.6 is 11.3 Å². The van der Waals surface area contributed by atoms with Crippen LogP contribution in [-0.4, -0.2) is 35.7 Å². The zero-order chi connectivity index (χ0) is 19.1. The van der Waals surface area contributed by atoms with Gasteiger partial charge in [0.2, 0.25) is 11.7 Å². The number of aromatic nitrogens is 2. The Labute approximate surface area is 159 Å². The Morgan fingerprint density at radius 3 is 2.89 bits per heavy atom. The second kappa shape index (κ2) is 8.95. The standard InChI is InChI=1S/C18H17N3O5S/c1-24-14-5-3-2-4-13(14)19-15(22)10-25-17(23)7-6-16-20-18(21-26-16)12-8-9-27-11-12/h2-5,8-9,11H,6-7,10H2,1H3,(H,19,22). The second-order valence-corrected chi connectivity index (χ2v) is 6.21. The van der Waals surface area contributed by atoms with Crippen LogP contribution in [0, 0.1) is 0 Å². The fourth-order valence-electron chi connectivity index (χ4n) is 2.23. The lowest BCUT2D eigenvalue weighted by Gasteiger charge is -2.09. The third kappa shape index (κ3) is 5.14. The molecule has 0 fully saturated rings. The molecule has 27 heavy (non-hydrogen) atoms. The summed E-state index contributed by atoms with van der Waals surface area (Å²) in [7, 11) is 1.51. The van der Waals surface area contributed by atoms with Crippen LogP contribution in [0.3, 0.4) is 0 Å². The largest absolute Gasteiger partial charge is 0.495 e. The van der Waals surface area contributed by atoms with E-state index in [0.717, 1.165) is 5.56 Å². The van der Waals surface area contributed by atoms with Crippen molar-refractivity contribution in [3.63, 3.8) is 0 Å². The topological polar surface area (TPSA) is 104 Å². The van der Waals surface area contributed by atoms with E-state index in [1.165, 1.54) is 18.4 Å². The number of para-hydroxylation sites is 2. The molecule has 140 valence electrons. The van der Waals surface area contributed by atoms with E-state index in [-0.39, 0.29) is 19.4 Å². The van der Waals surface area contributed by atoms with Crippen LogP contribution < -0.4 is 10.1 Å². The van der Waals surface area contributed by atoms with E-state index in [1.807, 2.05) is 16.8 Å². The van der Waals surface area contributed by atoms with Crippen LogP contribution in [0.5, 0.6) is 5.75 Å². The highest BCUT2D eigenvalue weighted by Gasteiger charge is 2.13. The number of hydrogen-bond acceptors (Lipinski definition) is 8. The molecule has 3 aromatic rings. The lowest BCUT2D eigenvalue weighted by atomic mass is 10.3. The molecule has 2 aromatic heterocycles. The van der Waals surface area contributed by atoms with Crippen LogP contribution in [0.25, 0.3) is 11.4 Å². The van der Waals surface area contributed by atoms with Crippen LogP contribution in [-0.2, 0) is 20.7 Å². The molecule has 1 amide bonds. The summed E-state index contributed by atoms with van der Waals surface area (Å²) >= 11 is 1.53. The molecule has 0 unspecified atom stereocenters. The van der Waals surface area contributed by atoms with Gasteiger partial charge in [0.1, 0.15) is 5.75 Å². The van der Waals surface area contributed by atoms with Gasteiger partial charge < -0.3 is 19.3 Å². The minimum Gasteiger partial charge on any atom is -0.495 e. The molecule has 0 saturated carbocycles. The molecule has 9 heteroatoms. The van der Waals surface area contributed by atoms with E-state index < -0.39 is 11.9 Å². The number of nitrogens with one attached hydrogen (secondary N) is 1. The molecule has 0 aliphatic heterocycles. The lowest BCUT2D eigenvalue weighted by molar-refractivity contribution is -0.147. The predicted octanol–water partition coefficient (Wildman–Crippen LogP) is 2.92. The molecule has 0 aliphatic rings. The zero-order valence-electron chi connectivity index (χ0n) is 14.5. The van der Waals surface area contributed by atoms with E-state index in [2.05, 4.69) is 15.5 Å². The van der Waals surface area contributed by atoms with Crippen LogP contribution in [0.15, 0.2) is 45.6 Å². The summed E-state index contributed by atoms with van der Waals surface area (Å²) in [5, 5.41) is 10.3. The van der Waals surface area contributed by atoms with Crippen molar-refractivity contribution < 1.29 is 23.6 Å². The summed E-state index contributed by atoms with van der Waals surface area (Å²) in [5.41, 5.74) is 1.37. The van der Waals surface area contributed by atoms with Gasteiger partial charge in [-0.15, -0.1) is 0 Å². The van der Waals surface area contributed by atoms with E-state index in [4.69, 9.17) is 14.0 Å². The molecule has 0 saturated heterocycles. The Balaban J connectivity index is 1.42. The van der Waals surface area contributed by atoms with Crippen molar-refractivity contribution in [1.29, 1.82) is 0 Å². The van der Waals surface area contributed by atoms with Gasteiger partial charge in [-0.3, -0.25) is 9.59 Å². The third-order valence-corrected chi connectivity index (χ3v) is 4.22. The number of rotatable bonds is 8. The van der Waals surface area contributed by atoms with Gasteiger partial charge in [-0.05, 0) is 23.6 Å². The third-order valence-electron chi connectivity index (χ3n) is 3.54. The smallest absolute Gasteiger partial charge is 0.306 e. The van der Waals surface area contributed by atoms with Crippen molar-refractivity contribution in [2.45, 2.75) is 12.8 Å². The molecule has 0 radical (unpaired) electrons. The molecule has 0 atom stereocenters. The maximum Gasteiger partial charge on any atom is 0.306 e. The molecule has 8 nitrogen and oxygen atoms in total. The normalized spacial score (nSPS) is 10.4. The Kier molecular flexibility index (Phi) is 6.16. The van der Waals surface area contributed by atoms with Gasteiger partial charge in [-0.2, -0.15) is 16.3 Å². The van der Waals surface area contributed by atoms with Crippen molar-refractivity contribution >= 4 is 28.9 Å². The Morgan fingerprint density at radius 2 is 2.11 bits per heavy atom. The number of benzene rings is 1. The van der Waals surface area contributed by atoms with E-state index in [1.54, 1.807) is 24.3 Å². The van der Waals surface area contributed by atoms with Crippen molar-refractivity contribution in [3.8, 4) is 17.1 Å². The number of carbonyl (C=O) groups is 2. The number of anilines is 1. The Bertz CT molecular complexity index is 907. The highest BCUT2D eigenvalue weighted by atomic mass is 32.1. The highest BCUT2D eigenvalue weighted by molar-refractivity contribution is 7.08. The van der Waals surface area contributed by atoms with Crippen molar-refractivity contribution in [2.24, 2.45) is 0 Å². The molecule has 0 aliphatic carbocycles. The molecular weight excluding hydrogens is 370 g/mol. The average Bonchev–Trinajstić information content (AvgIpc) is 3.36. The fourth-order valence-corrected chi connectivity index (χ4v) is 2.86. The molecule has 3 rings (SSSR count). The van der Waals surface area contributed by atoms with Crippen molar-refractivity contribution in [2.75, 3.05) is 19.0 Å². The quantitative estimate of drug-likeness (QED) is 0.593. The first-order valence-electron chi connectivity index (χ1n) is 8.09. The number of nitrogens with zero attached hydrogens (tertiary/aromatic N) is 2. The summed E-state index contributed by atoms with van der Waals surface area (Å²) in [5.74, 6) is 0.364. The second-order valence-electron chi connectivity index (χ2n) is 5.43. The van der Waals surface area contributed by atoms with Gasteiger partial charge in [0.25, 0.3) is 5.91 Å². The van der Waals surface area contributed by atoms with Gasteiger partial charge in [-0.25, -0.2) is 0 Å². The molecule has 0 spiro atoms. The maximum absolute atomic E-state index is 11.9. The number of ether oxygens (including phenoxy) is 2. The first-order valence-corrected chi connectivity index (χ1v) is 9.03. The summed E-state index contributed by atoms with van der Waals surface area (Å²) < 4.78 is 15.2. The Morgan fingerprint density at radius 1 is 1.26 bits per heavy atom. The van der Waals surface area contributed by atoms with Gasteiger partial charge in [0.05, 0.1) is 19.2 Å². The first kappa shape index (κ1) is 18.6. The van der Waals surface area contributed by atoms with E-state index >= 15 is 0 Å². The first-order chi connectivity index (χ1) is 13.2. The summed E-state index contributed by atoms with van der Waals surface area (Å²) in [6.45, 7) is -0.388. The minimum absolute atomic E-state index is 0.0349. The highest BCUT2D eigenvalue weighted by Crippen LogP contribution is 2.23. The number of hydrogen-bond donors (Lipinski definition) is 1. The monoisotopic (exact) mass is 387 g/mol. The van der Waals surface area contributed by atoms with Crippen molar-refractivity contribution in [3.05, 3.63) is 47.0 Å². The van der Waals surface area contributed by atoms with E-state index in [0.29, 0.717) is 23.2 Å². The number of carbonyl (C=O) groups excluding carboxylic acids is 2. The summed E-state index contributed by atoms with van der Waals surface area (Å²) in [4.78, 5) is 27.9. The number of thiophene rings is 1. The van der Waals surface area contributed by atoms with Gasteiger partial charge >= 0.3 is 5.97 Å². The molecule has 1 aromatic carbocycles. The van der Waals surface area contributed by atoms with Crippen LogP contribution in [0.4, 0.5) is 5.69 Å². The van der Waals surface area contributed by atoms with Crippen LogP contribution in [0.2, 0.25) is 0 Å². The number of aryl methyl sites for hydroxylation is 1. The fraction of sp³-hybridized carbons (Fsp3) is 0.222. The van der Waals surface area contributed by atoms with Gasteiger partial charge in [-0.1, -0.05) is 17.3 Å². The lowest BCUT2D eigenvalue weighted by Crippen LogP contribution is -2.21. The van der Waals surface area contributed by atoms with Crippen molar-refractivity contribution in [1.82, 2.24) is 10.1 Å². The predicted molar refractivity (Wildman–Crippen MR) is 98.5 cm³/mol. The Hall–Kier alpha value is -3.20. The number of methoxy groups -OCH3 is 1. The molecular formula is C18H17N3O5S. The SMILES string of the molecule is COc1ccccc1NC(=O)COC(=O)CCc1nc(-c2ccsc2)no1. The van der Waals surface area contributed by atoms with Crippen LogP contribution in [0.1, 0.15) is 12.3 Å². The number of amides is 1. The molecule has 1 N–H and O–H groups in total.